The van der Waals surface area contributed by atoms with E-state index >= 15 is 0 Å². The van der Waals surface area contributed by atoms with E-state index in [9.17, 15) is 4.79 Å². The van der Waals surface area contributed by atoms with E-state index in [4.69, 9.17) is 10.2 Å². The van der Waals surface area contributed by atoms with Crippen molar-refractivity contribution in [3.8, 4) is 0 Å². The molecule has 1 aliphatic heterocycles. The Hall–Kier alpha value is -0.980. The van der Waals surface area contributed by atoms with Crippen molar-refractivity contribution in [2.24, 2.45) is 0 Å². The molecule has 2 heterocycles. The predicted octanol–water partition coefficient (Wildman–Crippen LogP) is 0.121. The Morgan fingerprint density at radius 3 is 3.06 bits per heavy atom. The van der Waals surface area contributed by atoms with Gasteiger partial charge in [0.1, 0.15) is 0 Å². The minimum absolute atomic E-state index is 0.0900. The highest BCUT2D eigenvalue weighted by molar-refractivity contribution is 7.11. The van der Waals surface area contributed by atoms with Gasteiger partial charge in [0, 0.05) is 37.4 Å². The first kappa shape index (κ1) is 11.5. The van der Waals surface area contributed by atoms with Gasteiger partial charge in [-0.05, 0) is 0 Å². The molecular formula is C10H14N2O3S. The molecule has 2 rings (SSSR count). The third kappa shape index (κ3) is 2.58. The lowest BCUT2D eigenvalue weighted by Gasteiger charge is -2.23. The molecule has 2 N–H and O–H groups in total. The van der Waals surface area contributed by atoms with Gasteiger partial charge < -0.3 is 10.2 Å². The number of aliphatic carboxylic acids is 1. The Bertz CT molecular complexity index is 391. The van der Waals surface area contributed by atoms with Crippen LogP contribution in [-0.4, -0.2) is 45.8 Å². The van der Waals surface area contributed by atoms with E-state index in [2.05, 4.69) is 4.98 Å². The van der Waals surface area contributed by atoms with Crippen LogP contribution in [0.1, 0.15) is 15.6 Å². The van der Waals surface area contributed by atoms with Gasteiger partial charge in [-0.25, -0.2) is 4.98 Å². The number of thiazole rings is 1. The van der Waals surface area contributed by atoms with Gasteiger partial charge in [-0.15, -0.1) is 11.3 Å². The predicted molar refractivity (Wildman–Crippen MR) is 59.5 cm³/mol. The quantitative estimate of drug-likeness (QED) is 0.784. The van der Waals surface area contributed by atoms with Crippen LogP contribution in [0.4, 0.5) is 0 Å². The smallest absolute Gasteiger partial charge is 0.317 e. The number of nitrogens with zero attached hydrogens (tertiary/aromatic N) is 2. The standard InChI is InChI=1S/C10H14N2O3S/c13-4-2-9-11-7-1-3-12(6-10(14)15)5-8(7)16-9/h13H,1-6H2,(H,14,15). The van der Waals surface area contributed by atoms with E-state index in [0.29, 0.717) is 13.0 Å². The molecule has 0 amide bonds. The Morgan fingerprint density at radius 2 is 2.38 bits per heavy atom. The molecule has 0 saturated carbocycles. The fourth-order valence-corrected chi connectivity index (χ4v) is 2.98. The van der Waals surface area contributed by atoms with Crippen LogP contribution in [-0.2, 0) is 24.2 Å². The van der Waals surface area contributed by atoms with Crippen molar-refractivity contribution in [1.82, 2.24) is 9.88 Å². The number of carboxylic acids is 1. The molecule has 6 heteroatoms. The number of fused-ring (bicyclic) bond motifs is 1. The molecule has 88 valence electrons. The lowest BCUT2D eigenvalue weighted by Crippen LogP contribution is -2.34. The van der Waals surface area contributed by atoms with E-state index in [1.165, 1.54) is 0 Å². The monoisotopic (exact) mass is 242 g/mol. The highest BCUT2D eigenvalue weighted by Crippen LogP contribution is 2.25. The molecule has 16 heavy (non-hydrogen) atoms. The normalized spacial score (nSPS) is 16.1. The zero-order chi connectivity index (χ0) is 11.5. The maximum absolute atomic E-state index is 10.6. The Labute approximate surface area is 97.4 Å². The van der Waals surface area contributed by atoms with Gasteiger partial charge in [-0.2, -0.15) is 0 Å². The van der Waals surface area contributed by atoms with Crippen LogP contribution in [0.25, 0.3) is 0 Å². The second-order valence-corrected chi connectivity index (χ2v) is 4.97. The first-order valence-electron chi connectivity index (χ1n) is 5.21. The molecule has 0 saturated heterocycles. The van der Waals surface area contributed by atoms with Gasteiger partial charge in [0.25, 0.3) is 0 Å². The maximum atomic E-state index is 10.6. The van der Waals surface area contributed by atoms with Crippen molar-refractivity contribution in [2.45, 2.75) is 19.4 Å². The third-order valence-corrected chi connectivity index (χ3v) is 3.68. The minimum Gasteiger partial charge on any atom is -0.480 e. The van der Waals surface area contributed by atoms with Crippen molar-refractivity contribution in [3.63, 3.8) is 0 Å². The van der Waals surface area contributed by atoms with Crippen molar-refractivity contribution in [2.75, 3.05) is 19.7 Å². The molecular weight excluding hydrogens is 228 g/mol. The molecule has 0 aromatic carbocycles. The third-order valence-electron chi connectivity index (χ3n) is 2.54. The summed E-state index contributed by atoms with van der Waals surface area (Å²) in [4.78, 5) is 18.1. The summed E-state index contributed by atoms with van der Waals surface area (Å²) in [5.41, 5.74) is 1.08. The summed E-state index contributed by atoms with van der Waals surface area (Å²) in [5.74, 6) is -0.788. The van der Waals surface area contributed by atoms with Gasteiger partial charge in [-0.3, -0.25) is 9.69 Å². The Kier molecular flexibility index (Phi) is 3.52. The molecule has 0 radical (unpaired) electrons. The van der Waals surface area contributed by atoms with Crippen LogP contribution in [0.5, 0.6) is 0 Å². The van der Waals surface area contributed by atoms with E-state index in [-0.39, 0.29) is 13.2 Å². The lowest BCUT2D eigenvalue weighted by atomic mass is 10.2. The van der Waals surface area contributed by atoms with Gasteiger partial charge in [0.2, 0.25) is 0 Å². The van der Waals surface area contributed by atoms with E-state index in [1.54, 1.807) is 11.3 Å². The number of aliphatic hydroxyl groups is 1. The van der Waals surface area contributed by atoms with Crippen molar-refractivity contribution in [3.05, 3.63) is 15.6 Å². The van der Waals surface area contributed by atoms with Crippen LogP contribution in [0.3, 0.4) is 0 Å². The highest BCUT2D eigenvalue weighted by Gasteiger charge is 2.21. The first-order chi connectivity index (χ1) is 7.69. The second-order valence-electron chi connectivity index (χ2n) is 3.81. The van der Waals surface area contributed by atoms with Crippen molar-refractivity contribution >= 4 is 17.3 Å². The second kappa shape index (κ2) is 4.90. The van der Waals surface area contributed by atoms with Gasteiger partial charge >= 0.3 is 5.97 Å². The minimum atomic E-state index is -0.788. The average molecular weight is 242 g/mol. The molecule has 1 aromatic heterocycles. The van der Waals surface area contributed by atoms with Gasteiger partial charge in [0.05, 0.1) is 17.2 Å². The van der Waals surface area contributed by atoms with E-state index in [0.717, 1.165) is 28.5 Å². The topological polar surface area (TPSA) is 73.7 Å². The summed E-state index contributed by atoms with van der Waals surface area (Å²) in [6, 6.07) is 0. The molecule has 0 spiro atoms. The van der Waals surface area contributed by atoms with Gasteiger partial charge in [0.15, 0.2) is 0 Å². The van der Waals surface area contributed by atoms with Crippen LogP contribution >= 0.6 is 11.3 Å². The number of aromatic nitrogens is 1. The summed E-state index contributed by atoms with van der Waals surface area (Å²) in [6.07, 6.45) is 1.40. The average Bonchev–Trinajstić information content (AvgIpc) is 2.59. The Balaban J connectivity index is 2.05. The number of aliphatic hydroxyl groups excluding tert-OH is 1. The molecule has 5 nitrogen and oxygen atoms in total. The summed E-state index contributed by atoms with van der Waals surface area (Å²) in [7, 11) is 0. The molecule has 0 fully saturated rings. The molecule has 0 atom stereocenters. The highest BCUT2D eigenvalue weighted by atomic mass is 32.1. The van der Waals surface area contributed by atoms with Crippen molar-refractivity contribution < 1.29 is 15.0 Å². The molecule has 0 unspecified atom stereocenters. The molecule has 0 bridgehead atoms. The Morgan fingerprint density at radius 1 is 1.56 bits per heavy atom. The molecule has 1 aliphatic rings. The number of carbonyl (C=O) groups is 1. The zero-order valence-corrected chi connectivity index (χ0v) is 9.66. The van der Waals surface area contributed by atoms with E-state index in [1.807, 2.05) is 4.90 Å². The van der Waals surface area contributed by atoms with Crippen LogP contribution in [0, 0.1) is 0 Å². The van der Waals surface area contributed by atoms with E-state index < -0.39 is 5.97 Å². The molecule has 1 aromatic rings. The fraction of sp³-hybridized carbons (Fsp3) is 0.600. The zero-order valence-electron chi connectivity index (χ0n) is 8.85. The SMILES string of the molecule is O=C(O)CN1CCc2nc(CCO)sc2C1. The van der Waals surface area contributed by atoms with Crippen LogP contribution < -0.4 is 0 Å². The summed E-state index contributed by atoms with van der Waals surface area (Å²) in [6.45, 7) is 1.63. The largest absolute Gasteiger partial charge is 0.480 e. The maximum Gasteiger partial charge on any atom is 0.317 e. The van der Waals surface area contributed by atoms with Gasteiger partial charge in [-0.1, -0.05) is 0 Å². The number of rotatable bonds is 4. The fourth-order valence-electron chi connectivity index (χ4n) is 1.83. The number of carboxylic acid groups (broad SMARTS) is 1. The lowest BCUT2D eigenvalue weighted by molar-refractivity contribution is -0.138. The number of hydrogen-bond acceptors (Lipinski definition) is 5. The summed E-state index contributed by atoms with van der Waals surface area (Å²) in [5, 5.41) is 18.5. The van der Waals surface area contributed by atoms with Crippen molar-refractivity contribution in [1.29, 1.82) is 0 Å². The van der Waals surface area contributed by atoms with Crippen LogP contribution in [0.15, 0.2) is 0 Å². The number of hydrogen-bond donors (Lipinski definition) is 2. The summed E-state index contributed by atoms with van der Waals surface area (Å²) < 4.78 is 0. The summed E-state index contributed by atoms with van der Waals surface area (Å²) >= 11 is 1.59. The van der Waals surface area contributed by atoms with Crippen LogP contribution in [0.2, 0.25) is 0 Å². The first-order valence-corrected chi connectivity index (χ1v) is 6.03. The molecule has 0 aliphatic carbocycles.